The SMILES string of the molecule is CCCNC(c1cccc2c1OCC2)C1(CC)CCCC1. The van der Waals surface area contributed by atoms with E-state index >= 15 is 0 Å². The lowest BCUT2D eigenvalue weighted by atomic mass is 9.73. The van der Waals surface area contributed by atoms with Crippen LogP contribution in [0.25, 0.3) is 0 Å². The second-order valence-electron chi connectivity index (χ2n) is 6.74. The molecule has 1 N–H and O–H groups in total. The number of para-hydroxylation sites is 1. The van der Waals surface area contributed by atoms with E-state index in [1.54, 1.807) is 0 Å². The predicted molar refractivity (Wildman–Crippen MR) is 87.9 cm³/mol. The summed E-state index contributed by atoms with van der Waals surface area (Å²) in [7, 11) is 0. The molecule has 1 fully saturated rings. The number of hydrogen-bond acceptors (Lipinski definition) is 2. The first-order valence-corrected chi connectivity index (χ1v) is 8.78. The minimum absolute atomic E-state index is 0.427. The Morgan fingerprint density at radius 3 is 2.76 bits per heavy atom. The van der Waals surface area contributed by atoms with Crippen LogP contribution in [0.3, 0.4) is 0 Å². The third-order valence-electron chi connectivity index (χ3n) is 5.57. The summed E-state index contributed by atoms with van der Waals surface area (Å²) in [6.45, 7) is 6.57. The van der Waals surface area contributed by atoms with Crippen molar-refractivity contribution in [1.82, 2.24) is 5.32 Å². The number of hydrogen-bond donors (Lipinski definition) is 1. The topological polar surface area (TPSA) is 21.3 Å². The fraction of sp³-hybridized carbons (Fsp3) is 0.684. The van der Waals surface area contributed by atoms with Gasteiger partial charge < -0.3 is 10.1 Å². The molecule has 1 aromatic rings. The quantitative estimate of drug-likeness (QED) is 0.823. The summed E-state index contributed by atoms with van der Waals surface area (Å²) >= 11 is 0. The van der Waals surface area contributed by atoms with Crippen molar-refractivity contribution < 1.29 is 4.74 Å². The summed E-state index contributed by atoms with van der Waals surface area (Å²) in [6.07, 6.45) is 9.00. The Morgan fingerprint density at radius 2 is 2.05 bits per heavy atom. The van der Waals surface area contributed by atoms with Crippen LogP contribution in [0.2, 0.25) is 0 Å². The van der Waals surface area contributed by atoms with Crippen LogP contribution in [0.15, 0.2) is 18.2 Å². The average molecular weight is 287 g/mol. The summed E-state index contributed by atoms with van der Waals surface area (Å²) in [5, 5.41) is 3.87. The zero-order valence-electron chi connectivity index (χ0n) is 13.6. The molecular formula is C19H29NO. The largest absolute Gasteiger partial charge is 0.493 e. The van der Waals surface area contributed by atoms with E-state index in [4.69, 9.17) is 4.74 Å². The molecular weight excluding hydrogens is 258 g/mol. The van der Waals surface area contributed by atoms with Gasteiger partial charge in [0.05, 0.1) is 6.61 Å². The molecule has 1 atom stereocenters. The molecule has 2 heteroatoms. The molecule has 0 spiro atoms. The van der Waals surface area contributed by atoms with Crippen LogP contribution in [0.4, 0.5) is 0 Å². The molecule has 1 heterocycles. The third kappa shape index (κ3) is 2.70. The lowest BCUT2D eigenvalue weighted by Gasteiger charge is -2.38. The highest BCUT2D eigenvalue weighted by atomic mass is 16.5. The highest BCUT2D eigenvalue weighted by molar-refractivity contribution is 5.46. The Morgan fingerprint density at radius 1 is 1.24 bits per heavy atom. The fourth-order valence-corrected chi connectivity index (χ4v) is 4.34. The van der Waals surface area contributed by atoms with Gasteiger partial charge in [0.2, 0.25) is 0 Å². The zero-order chi connectivity index (χ0) is 14.7. The van der Waals surface area contributed by atoms with Crippen molar-refractivity contribution >= 4 is 0 Å². The molecule has 0 radical (unpaired) electrons. The van der Waals surface area contributed by atoms with E-state index in [2.05, 4.69) is 37.4 Å². The van der Waals surface area contributed by atoms with Gasteiger partial charge in [0.1, 0.15) is 5.75 Å². The lowest BCUT2D eigenvalue weighted by Crippen LogP contribution is -2.37. The Balaban J connectivity index is 1.97. The summed E-state index contributed by atoms with van der Waals surface area (Å²) in [4.78, 5) is 0. The lowest BCUT2D eigenvalue weighted by molar-refractivity contribution is 0.183. The monoisotopic (exact) mass is 287 g/mol. The third-order valence-corrected chi connectivity index (χ3v) is 5.57. The first kappa shape index (κ1) is 14.9. The van der Waals surface area contributed by atoms with Crippen molar-refractivity contribution in [1.29, 1.82) is 0 Å². The Kier molecular flexibility index (Phi) is 4.54. The van der Waals surface area contributed by atoms with E-state index in [0.717, 1.165) is 19.6 Å². The van der Waals surface area contributed by atoms with Gasteiger partial charge in [-0.05, 0) is 43.2 Å². The van der Waals surface area contributed by atoms with E-state index in [9.17, 15) is 0 Å². The molecule has 2 aliphatic rings. The molecule has 1 aliphatic heterocycles. The van der Waals surface area contributed by atoms with E-state index in [1.807, 2.05) is 0 Å². The van der Waals surface area contributed by atoms with Crippen molar-refractivity contribution in [2.75, 3.05) is 13.2 Å². The maximum atomic E-state index is 6.00. The van der Waals surface area contributed by atoms with Crippen LogP contribution in [-0.2, 0) is 6.42 Å². The Hall–Kier alpha value is -1.02. The maximum absolute atomic E-state index is 6.00. The van der Waals surface area contributed by atoms with Gasteiger partial charge in [-0.2, -0.15) is 0 Å². The first-order valence-electron chi connectivity index (χ1n) is 8.78. The van der Waals surface area contributed by atoms with E-state index in [0.29, 0.717) is 11.5 Å². The molecule has 1 unspecified atom stereocenters. The Bertz CT molecular complexity index is 476. The summed E-state index contributed by atoms with van der Waals surface area (Å²) < 4.78 is 6.00. The first-order chi connectivity index (χ1) is 10.3. The van der Waals surface area contributed by atoms with Crippen LogP contribution >= 0.6 is 0 Å². The van der Waals surface area contributed by atoms with Gasteiger partial charge in [-0.15, -0.1) is 0 Å². The van der Waals surface area contributed by atoms with E-state index in [1.165, 1.54) is 55.4 Å². The molecule has 3 rings (SSSR count). The number of rotatable bonds is 6. The fourth-order valence-electron chi connectivity index (χ4n) is 4.34. The Labute approximate surface area is 129 Å². The van der Waals surface area contributed by atoms with Crippen LogP contribution in [-0.4, -0.2) is 13.2 Å². The van der Waals surface area contributed by atoms with Gasteiger partial charge in [0.15, 0.2) is 0 Å². The second kappa shape index (κ2) is 6.39. The minimum Gasteiger partial charge on any atom is -0.493 e. The molecule has 1 saturated carbocycles. The predicted octanol–water partition coefficient (Wildman–Crippen LogP) is 4.63. The van der Waals surface area contributed by atoms with Gasteiger partial charge in [-0.25, -0.2) is 0 Å². The molecule has 0 bridgehead atoms. The molecule has 21 heavy (non-hydrogen) atoms. The zero-order valence-corrected chi connectivity index (χ0v) is 13.6. The van der Waals surface area contributed by atoms with Crippen LogP contribution in [0.1, 0.15) is 69.5 Å². The summed E-state index contributed by atoms with van der Waals surface area (Å²) in [6, 6.07) is 7.21. The average Bonchev–Trinajstić information content (AvgIpc) is 3.17. The van der Waals surface area contributed by atoms with Gasteiger partial charge in [0.25, 0.3) is 0 Å². The minimum atomic E-state index is 0.427. The van der Waals surface area contributed by atoms with Gasteiger partial charge in [-0.3, -0.25) is 0 Å². The highest BCUT2D eigenvalue weighted by Gasteiger charge is 2.41. The van der Waals surface area contributed by atoms with Crippen molar-refractivity contribution in [3.05, 3.63) is 29.3 Å². The standard InChI is InChI=1S/C19H29NO/c1-3-13-20-18(19(4-2)11-5-6-12-19)16-9-7-8-15-10-14-21-17(15)16/h7-9,18,20H,3-6,10-14H2,1-2H3. The normalized spacial score (nSPS) is 21.0. The van der Waals surface area contributed by atoms with Crippen LogP contribution in [0.5, 0.6) is 5.75 Å². The molecule has 0 saturated heterocycles. The second-order valence-corrected chi connectivity index (χ2v) is 6.74. The van der Waals surface area contributed by atoms with E-state index < -0.39 is 0 Å². The molecule has 1 aromatic carbocycles. The van der Waals surface area contributed by atoms with Gasteiger partial charge >= 0.3 is 0 Å². The molecule has 0 aromatic heterocycles. The highest BCUT2D eigenvalue weighted by Crippen LogP contribution is 2.52. The molecule has 2 nitrogen and oxygen atoms in total. The number of ether oxygens (including phenoxy) is 1. The maximum Gasteiger partial charge on any atom is 0.127 e. The van der Waals surface area contributed by atoms with Crippen molar-refractivity contribution in [3.63, 3.8) is 0 Å². The number of nitrogens with one attached hydrogen (secondary N) is 1. The van der Waals surface area contributed by atoms with Crippen molar-refractivity contribution in [2.45, 2.75) is 64.8 Å². The van der Waals surface area contributed by atoms with Gasteiger partial charge in [-0.1, -0.05) is 44.9 Å². The summed E-state index contributed by atoms with van der Waals surface area (Å²) in [5.74, 6) is 1.19. The number of fused-ring (bicyclic) bond motifs is 1. The van der Waals surface area contributed by atoms with Gasteiger partial charge in [0, 0.05) is 18.0 Å². The number of benzene rings is 1. The smallest absolute Gasteiger partial charge is 0.127 e. The van der Waals surface area contributed by atoms with Crippen LogP contribution in [0, 0.1) is 5.41 Å². The molecule has 116 valence electrons. The molecule has 1 aliphatic carbocycles. The molecule has 0 amide bonds. The van der Waals surface area contributed by atoms with Crippen molar-refractivity contribution in [2.24, 2.45) is 5.41 Å². The van der Waals surface area contributed by atoms with E-state index in [-0.39, 0.29) is 0 Å². The summed E-state index contributed by atoms with van der Waals surface area (Å²) in [5.41, 5.74) is 3.25. The van der Waals surface area contributed by atoms with Crippen molar-refractivity contribution in [3.8, 4) is 5.75 Å². The van der Waals surface area contributed by atoms with Crippen LogP contribution < -0.4 is 10.1 Å².